The van der Waals surface area contributed by atoms with E-state index in [1.54, 1.807) is 24.0 Å². The highest BCUT2D eigenvalue weighted by Gasteiger charge is 2.43. The van der Waals surface area contributed by atoms with E-state index in [0.29, 0.717) is 17.9 Å². The van der Waals surface area contributed by atoms with Gasteiger partial charge in [-0.05, 0) is 25.0 Å². The molecule has 0 saturated carbocycles. The van der Waals surface area contributed by atoms with Crippen molar-refractivity contribution in [3.63, 3.8) is 0 Å². The molecule has 0 amide bonds. The molecule has 1 fully saturated rings. The first kappa shape index (κ1) is 13.1. The Morgan fingerprint density at radius 1 is 1.44 bits per heavy atom. The van der Waals surface area contributed by atoms with Crippen LogP contribution in [0, 0.1) is 5.92 Å². The summed E-state index contributed by atoms with van der Waals surface area (Å²) in [4.78, 5) is 5.73. The molecule has 1 N–H and O–H groups in total. The Kier molecular flexibility index (Phi) is 3.47. The van der Waals surface area contributed by atoms with Crippen molar-refractivity contribution in [2.45, 2.75) is 25.6 Å². The highest BCUT2D eigenvalue weighted by molar-refractivity contribution is 5.41. The zero-order valence-corrected chi connectivity index (χ0v) is 9.98. The molecular weight excluding hydrogens is 245 g/mol. The number of hydrogen-bond acceptors (Lipinski definition) is 3. The minimum absolute atomic E-state index is 0.0372. The van der Waals surface area contributed by atoms with E-state index in [-0.39, 0.29) is 13.0 Å². The third-order valence-corrected chi connectivity index (χ3v) is 3.23. The zero-order chi connectivity index (χ0) is 13.3. The van der Waals surface area contributed by atoms with Crippen LogP contribution < -0.4 is 4.90 Å². The van der Waals surface area contributed by atoms with E-state index in [4.69, 9.17) is 0 Å². The Morgan fingerprint density at radius 2 is 2.17 bits per heavy atom. The van der Waals surface area contributed by atoms with Crippen LogP contribution in [0.25, 0.3) is 0 Å². The highest BCUT2D eigenvalue weighted by atomic mass is 19.4. The first-order valence-corrected chi connectivity index (χ1v) is 5.83. The lowest BCUT2D eigenvalue weighted by atomic mass is 10.1. The molecule has 1 unspecified atom stereocenters. The van der Waals surface area contributed by atoms with Crippen molar-refractivity contribution in [2.75, 3.05) is 18.0 Å². The molecule has 100 valence electrons. The second-order valence-corrected chi connectivity index (χ2v) is 4.60. The second kappa shape index (κ2) is 4.76. The van der Waals surface area contributed by atoms with Crippen LogP contribution in [0.1, 0.15) is 25.0 Å². The molecule has 1 saturated heterocycles. The fraction of sp³-hybridized carbons (Fsp3) is 0.583. The average Bonchev–Trinajstić information content (AvgIpc) is 2.78. The smallest absolute Gasteiger partial charge is 0.389 e. The first-order valence-electron chi connectivity index (χ1n) is 5.83. The molecule has 1 aromatic rings. The maximum atomic E-state index is 12.5. The van der Waals surface area contributed by atoms with Crippen LogP contribution >= 0.6 is 0 Å². The average molecular weight is 260 g/mol. The highest BCUT2D eigenvalue weighted by Crippen LogP contribution is 2.34. The predicted molar refractivity (Wildman–Crippen MR) is 61.2 cm³/mol. The fourth-order valence-corrected chi connectivity index (χ4v) is 2.07. The molecule has 0 aromatic carbocycles. The van der Waals surface area contributed by atoms with Crippen LogP contribution in [-0.2, 0) is 0 Å². The molecular formula is C12H15F3N2O. The van der Waals surface area contributed by atoms with Gasteiger partial charge in [-0.15, -0.1) is 0 Å². The summed E-state index contributed by atoms with van der Waals surface area (Å²) in [6.45, 7) is 1.95. The molecule has 2 heterocycles. The van der Waals surface area contributed by atoms with Crippen molar-refractivity contribution < 1.29 is 18.3 Å². The van der Waals surface area contributed by atoms with Gasteiger partial charge < -0.3 is 10.0 Å². The van der Waals surface area contributed by atoms with E-state index in [9.17, 15) is 18.3 Å². The number of hydrogen-bond donors (Lipinski definition) is 1. The van der Waals surface area contributed by atoms with E-state index in [1.807, 2.05) is 0 Å². The lowest BCUT2D eigenvalue weighted by molar-refractivity contribution is -0.168. The van der Waals surface area contributed by atoms with E-state index in [1.165, 1.54) is 6.20 Å². The molecule has 0 bridgehead atoms. The third-order valence-electron chi connectivity index (χ3n) is 3.23. The Morgan fingerprint density at radius 3 is 2.61 bits per heavy atom. The monoisotopic (exact) mass is 260 g/mol. The molecule has 0 aliphatic carbocycles. The van der Waals surface area contributed by atoms with Gasteiger partial charge in [-0.1, -0.05) is 6.07 Å². The molecule has 1 aliphatic heterocycles. The molecule has 0 spiro atoms. The standard InChI is InChI=1S/C12H15F3N2O/c1-8(18)9-2-3-11(16-6-9)17-5-4-10(7-17)12(13,14)15/h2-3,6,8,10,18H,4-5,7H2,1H3/t8-,10?/m0/s1. The molecule has 6 heteroatoms. The molecule has 2 rings (SSSR count). The summed E-state index contributed by atoms with van der Waals surface area (Å²) in [5.41, 5.74) is 0.658. The van der Waals surface area contributed by atoms with Crippen molar-refractivity contribution in [3.8, 4) is 0 Å². The number of pyridine rings is 1. The van der Waals surface area contributed by atoms with Crippen molar-refractivity contribution in [2.24, 2.45) is 5.92 Å². The third kappa shape index (κ3) is 2.75. The van der Waals surface area contributed by atoms with Gasteiger partial charge >= 0.3 is 6.18 Å². The molecule has 1 aromatic heterocycles. The summed E-state index contributed by atoms with van der Waals surface area (Å²) in [7, 11) is 0. The largest absolute Gasteiger partial charge is 0.393 e. The van der Waals surface area contributed by atoms with Crippen LogP contribution in [0.4, 0.5) is 19.0 Å². The van der Waals surface area contributed by atoms with Gasteiger partial charge in [0, 0.05) is 19.3 Å². The minimum Gasteiger partial charge on any atom is -0.389 e. The number of nitrogens with zero attached hydrogens (tertiary/aromatic N) is 2. The summed E-state index contributed by atoms with van der Waals surface area (Å²) < 4.78 is 37.6. The number of rotatable bonds is 2. The summed E-state index contributed by atoms with van der Waals surface area (Å²) in [6.07, 6.45) is -3.13. The van der Waals surface area contributed by atoms with Gasteiger partial charge in [-0.3, -0.25) is 0 Å². The zero-order valence-electron chi connectivity index (χ0n) is 9.98. The summed E-state index contributed by atoms with van der Waals surface area (Å²) in [5.74, 6) is -0.734. The van der Waals surface area contributed by atoms with Gasteiger partial charge in [0.15, 0.2) is 0 Å². The maximum absolute atomic E-state index is 12.5. The Bertz CT molecular complexity index is 403. The van der Waals surface area contributed by atoms with Gasteiger partial charge in [0.05, 0.1) is 12.0 Å². The van der Waals surface area contributed by atoms with Crippen LogP contribution in [0.5, 0.6) is 0 Å². The molecule has 3 nitrogen and oxygen atoms in total. The lowest BCUT2D eigenvalue weighted by Crippen LogP contribution is -2.27. The predicted octanol–water partition coefficient (Wildman–Crippen LogP) is 2.52. The van der Waals surface area contributed by atoms with Gasteiger partial charge in [0.25, 0.3) is 0 Å². The number of aromatic nitrogens is 1. The topological polar surface area (TPSA) is 36.4 Å². The van der Waals surface area contributed by atoms with E-state index >= 15 is 0 Å². The van der Waals surface area contributed by atoms with Crippen LogP contribution in [0.3, 0.4) is 0 Å². The normalized spacial score (nSPS) is 22.3. The maximum Gasteiger partial charge on any atom is 0.393 e. The Labute approximate surface area is 103 Å². The van der Waals surface area contributed by atoms with Gasteiger partial charge in [-0.25, -0.2) is 4.98 Å². The minimum atomic E-state index is -4.13. The molecule has 18 heavy (non-hydrogen) atoms. The van der Waals surface area contributed by atoms with Crippen molar-refractivity contribution in [3.05, 3.63) is 23.9 Å². The van der Waals surface area contributed by atoms with Crippen LogP contribution in [-0.4, -0.2) is 29.4 Å². The van der Waals surface area contributed by atoms with Crippen molar-refractivity contribution in [1.82, 2.24) is 4.98 Å². The van der Waals surface area contributed by atoms with Crippen molar-refractivity contribution >= 4 is 5.82 Å². The number of aliphatic hydroxyl groups is 1. The van der Waals surface area contributed by atoms with Crippen molar-refractivity contribution in [1.29, 1.82) is 0 Å². The van der Waals surface area contributed by atoms with E-state index < -0.39 is 18.2 Å². The number of aliphatic hydroxyl groups excluding tert-OH is 1. The number of alkyl halides is 3. The fourth-order valence-electron chi connectivity index (χ4n) is 2.07. The summed E-state index contributed by atoms with van der Waals surface area (Å²) in [5, 5.41) is 9.33. The molecule has 0 radical (unpaired) electrons. The quantitative estimate of drug-likeness (QED) is 0.887. The Hall–Kier alpha value is -1.30. The number of anilines is 1. The Balaban J connectivity index is 2.05. The van der Waals surface area contributed by atoms with Gasteiger partial charge in [0.2, 0.25) is 0 Å². The number of halogens is 3. The van der Waals surface area contributed by atoms with E-state index in [0.717, 1.165) is 0 Å². The van der Waals surface area contributed by atoms with E-state index in [2.05, 4.69) is 4.98 Å². The van der Waals surface area contributed by atoms with Gasteiger partial charge in [-0.2, -0.15) is 13.2 Å². The first-order chi connectivity index (χ1) is 8.38. The molecule has 2 atom stereocenters. The lowest BCUT2D eigenvalue weighted by Gasteiger charge is -2.19. The molecule has 1 aliphatic rings. The van der Waals surface area contributed by atoms with Crippen LogP contribution in [0.2, 0.25) is 0 Å². The second-order valence-electron chi connectivity index (χ2n) is 4.60. The summed E-state index contributed by atoms with van der Waals surface area (Å²) >= 11 is 0. The summed E-state index contributed by atoms with van der Waals surface area (Å²) in [6, 6.07) is 3.34. The van der Waals surface area contributed by atoms with Gasteiger partial charge in [0.1, 0.15) is 5.82 Å². The SMILES string of the molecule is C[C@H](O)c1ccc(N2CCC(C(F)(F)F)C2)nc1. The van der Waals surface area contributed by atoms with Crippen LogP contribution in [0.15, 0.2) is 18.3 Å².